The average Bonchev–Trinajstić information content (AvgIpc) is 2.45. The quantitative estimate of drug-likeness (QED) is 0.807. The molecule has 0 bridgehead atoms. The number of hydrogen-bond donors (Lipinski definition) is 1. The molecule has 1 heterocycles. The number of rotatable bonds is 4. The molecule has 0 aliphatic rings. The van der Waals surface area contributed by atoms with Crippen LogP contribution in [-0.4, -0.2) is 11.8 Å². The van der Waals surface area contributed by atoms with E-state index in [2.05, 4.69) is 5.32 Å². The SMILES string of the molecule is Cc1cc(C(C)NC(=O)CCCl)c(C)o1. The van der Waals surface area contributed by atoms with Crippen LogP contribution in [0.4, 0.5) is 0 Å². The van der Waals surface area contributed by atoms with Gasteiger partial charge >= 0.3 is 0 Å². The summed E-state index contributed by atoms with van der Waals surface area (Å²) in [6, 6.07) is 1.92. The third kappa shape index (κ3) is 3.27. The molecule has 1 N–H and O–H groups in total. The van der Waals surface area contributed by atoms with Crippen LogP contribution in [0.3, 0.4) is 0 Å². The van der Waals surface area contributed by atoms with Crippen molar-refractivity contribution in [3.05, 3.63) is 23.2 Å². The van der Waals surface area contributed by atoms with Crippen LogP contribution < -0.4 is 5.32 Å². The normalized spacial score (nSPS) is 12.5. The van der Waals surface area contributed by atoms with Gasteiger partial charge in [0.1, 0.15) is 11.5 Å². The van der Waals surface area contributed by atoms with E-state index in [1.54, 1.807) is 0 Å². The highest BCUT2D eigenvalue weighted by Gasteiger charge is 2.14. The fraction of sp³-hybridized carbons (Fsp3) is 0.545. The van der Waals surface area contributed by atoms with Gasteiger partial charge in [-0.2, -0.15) is 0 Å². The number of hydrogen-bond acceptors (Lipinski definition) is 2. The smallest absolute Gasteiger partial charge is 0.221 e. The Morgan fingerprint density at radius 2 is 2.27 bits per heavy atom. The molecular weight excluding hydrogens is 214 g/mol. The molecule has 1 aromatic rings. The first-order valence-electron chi connectivity index (χ1n) is 4.97. The molecule has 1 amide bonds. The predicted molar refractivity (Wildman–Crippen MR) is 60.1 cm³/mol. The van der Waals surface area contributed by atoms with Crippen LogP contribution in [0.1, 0.15) is 36.5 Å². The van der Waals surface area contributed by atoms with Gasteiger partial charge in [0.05, 0.1) is 6.04 Å². The Hall–Kier alpha value is -0.960. The number of amides is 1. The molecule has 84 valence electrons. The van der Waals surface area contributed by atoms with Gasteiger partial charge in [-0.25, -0.2) is 0 Å². The monoisotopic (exact) mass is 229 g/mol. The van der Waals surface area contributed by atoms with E-state index >= 15 is 0 Å². The number of furan rings is 1. The van der Waals surface area contributed by atoms with E-state index in [-0.39, 0.29) is 11.9 Å². The topological polar surface area (TPSA) is 42.2 Å². The first-order chi connectivity index (χ1) is 7.04. The summed E-state index contributed by atoms with van der Waals surface area (Å²) in [4.78, 5) is 11.3. The largest absolute Gasteiger partial charge is 0.466 e. The summed E-state index contributed by atoms with van der Waals surface area (Å²) < 4.78 is 5.40. The van der Waals surface area contributed by atoms with Crippen molar-refractivity contribution < 1.29 is 9.21 Å². The van der Waals surface area contributed by atoms with Crippen molar-refractivity contribution in [1.82, 2.24) is 5.32 Å². The number of carbonyl (C=O) groups is 1. The highest BCUT2D eigenvalue weighted by Crippen LogP contribution is 2.21. The van der Waals surface area contributed by atoms with Gasteiger partial charge < -0.3 is 9.73 Å². The van der Waals surface area contributed by atoms with Crippen LogP contribution in [0.25, 0.3) is 0 Å². The Balaban J connectivity index is 2.64. The van der Waals surface area contributed by atoms with Gasteiger partial charge in [0.25, 0.3) is 0 Å². The molecule has 0 aromatic carbocycles. The molecule has 0 spiro atoms. The van der Waals surface area contributed by atoms with Crippen LogP contribution in [0, 0.1) is 13.8 Å². The van der Waals surface area contributed by atoms with Crippen molar-refractivity contribution in [3.8, 4) is 0 Å². The summed E-state index contributed by atoms with van der Waals surface area (Å²) in [6.07, 6.45) is 0.349. The second-order valence-corrected chi connectivity index (χ2v) is 3.97. The Morgan fingerprint density at radius 1 is 1.60 bits per heavy atom. The van der Waals surface area contributed by atoms with Crippen molar-refractivity contribution in [1.29, 1.82) is 0 Å². The molecule has 0 saturated carbocycles. The number of aryl methyl sites for hydroxylation is 2. The molecule has 0 radical (unpaired) electrons. The Bertz CT molecular complexity index is 346. The maximum absolute atomic E-state index is 11.3. The molecule has 0 aliphatic carbocycles. The van der Waals surface area contributed by atoms with Crippen molar-refractivity contribution in [3.63, 3.8) is 0 Å². The third-order valence-corrected chi connectivity index (χ3v) is 2.43. The highest BCUT2D eigenvalue weighted by atomic mass is 35.5. The zero-order chi connectivity index (χ0) is 11.4. The van der Waals surface area contributed by atoms with Crippen molar-refractivity contribution in [2.75, 3.05) is 5.88 Å². The van der Waals surface area contributed by atoms with Crippen LogP contribution >= 0.6 is 11.6 Å². The van der Waals surface area contributed by atoms with E-state index in [4.69, 9.17) is 16.0 Å². The Kier molecular flexibility index (Phi) is 4.21. The molecule has 1 aromatic heterocycles. The summed E-state index contributed by atoms with van der Waals surface area (Å²) in [5.74, 6) is 2.03. The molecule has 1 rings (SSSR count). The second-order valence-electron chi connectivity index (χ2n) is 3.60. The van der Waals surface area contributed by atoms with Gasteiger partial charge in [0, 0.05) is 17.9 Å². The fourth-order valence-corrected chi connectivity index (χ4v) is 1.73. The lowest BCUT2D eigenvalue weighted by atomic mass is 10.1. The molecule has 4 heteroatoms. The molecule has 15 heavy (non-hydrogen) atoms. The molecule has 1 atom stereocenters. The summed E-state index contributed by atoms with van der Waals surface area (Å²) >= 11 is 5.48. The second kappa shape index (κ2) is 5.21. The number of carbonyl (C=O) groups excluding carboxylic acids is 1. The van der Waals surface area contributed by atoms with E-state index in [1.165, 1.54) is 0 Å². The van der Waals surface area contributed by atoms with E-state index in [0.717, 1.165) is 17.1 Å². The fourth-order valence-electron chi connectivity index (χ4n) is 1.56. The summed E-state index contributed by atoms with van der Waals surface area (Å²) in [7, 11) is 0. The van der Waals surface area contributed by atoms with Gasteiger partial charge in [-0.1, -0.05) is 0 Å². The molecule has 0 aliphatic heterocycles. The third-order valence-electron chi connectivity index (χ3n) is 2.24. The average molecular weight is 230 g/mol. The summed E-state index contributed by atoms with van der Waals surface area (Å²) in [5.41, 5.74) is 1.02. The highest BCUT2D eigenvalue weighted by molar-refractivity contribution is 6.18. The van der Waals surface area contributed by atoms with E-state index in [1.807, 2.05) is 26.8 Å². The van der Waals surface area contributed by atoms with Crippen molar-refractivity contribution >= 4 is 17.5 Å². The lowest BCUT2D eigenvalue weighted by Crippen LogP contribution is -2.26. The summed E-state index contributed by atoms with van der Waals surface area (Å²) in [6.45, 7) is 5.72. The zero-order valence-electron chi connectivity index (χ0n) is 9.26. The van der Waals surface area contributed by atoms with Gasteiger partial charge in [-0.3, -0.25) is 4.79 Å². The van der Waals surface area contributed by atoms with Crippen LogP contribution in [0.2, 0.25) is 0 Å². The molecule has 1 unspecified atom stereocenters. The van der Waals surface area contributed by atoms with Crippen molar-refractivity contribution in [2.24, 2.45) is 0 Å². The van der Waals surface area contributed by atoms with Gasteiger partial charge in [0.15, 0.2) is 0 Å². The van der Waals surface area contributed by atoms with E-state index in [0.29, 0.717) is 12.3 Å². The van der Waals surface area contributed by atoms with Gasteiger partial charge in [-0.15, -0.1) is 11.6 Å². The lowest BCUT2D eigenvalue weighted by molar-refractivity contribution is -0.121. The Labute approximate surface area is 94.8 Å². The van der Waals surface area contributed by atoms with Crippen molar-refractivity contribution in [2.45, 2.75) is 33.2 Å². The number of nitrogens with one attached hydrogen (secondary N) is 1. The minimum atomic E-state index is -0.0317. The minimum Gasteiger partial charge on any atom is -0.466 e. The van der Waals surface area contributed by atoms with Gasteiger partial charge in [0.2, 0.25) is 5.91 Å². The van der Waals surface area contributed by atoms with Gasteiger partial charge in [-0.05, 0) is 26.8 Å². The predicted octanol–water partition coefficient (Wildman–Crippen LogP) is 2.70. The number of halogens is 1. The van der Waals surface area contributed by atoms with E-state index in [9.17, 15) is 4.79 Å². The van der Waals surface area contributed by atoms with Crippen LogP contribution in [0.15, 0.2) is 10.5 Å². The molecular formula is C11H16ClNO2. The standard InChI is InChI=1S/C11H16ClNO2/c1-7-6-10(9(3)15-7)8(2)13-11(14)4-5-12/h6,8H,4-5H2,1-3H3,(H,13,14). The summed E-state index contributed by atoms with van der Waals surface area (Å²) in [5, 5.41) is 2.87. The lowest BCUT2D eigenvalue weighted by Gasteiger charge is -2.12. The van der Waals surface area contributed by atoms with Crippen LogP contribution in [-0.2, 0) is 4.79 Å². The zero-order valence-corrected chi connectivity index (χ0v) is 10.0. The first kappa shape index (κ1) is 12.1. The Morgan fingerprint density at radius 3 is 2.73 bits per heavy atom. The maximum atomic E-state index is 11.3. The number of alkyl halides is 1. The molecule has 3 nitrogen and oxygen atoms in total. The van der Waals surface area contributed by atoms with Crippen LogP contribution in [0.5, 0.6) is 0 Å². The first-order valence-corrected chi connectivity index (χ1v) is 5.50. The van der Waals surface area contributed by atoms with E-state index < -0.39 is 0 Å². The molecule has 0 saturated heterocycles. The molecule has 0 fully saturated rings. The minimum absolute atomic E-state index is 0.0295. The maximum Gasteiger partial charge on any atom is 0.221 e.